The zero-order valence-electron chi connectivity index (χ0n) is 15.4. The highest BCUT2D eigenvalue weighted by Crippen LogP contribution is 2.28. The second-order valence-corrected chi connectivity index (χ2v) is 7.13. The number of alkyl halides is 4. The molecule has 12 heteroatoms. The fourth-order valence-electron chi connectivity index (χ4n) is 2.70. The van der Waals surface area contributed by atoms with E-state index in [9.17, 15) is 22.4 Å². The summed E-state index contributed by atoms with van der Waals surface area (Å²) in [6.45, 7) is 1.52. The highest BCUT2D eigenvalue weighted by atomic mass is 35.5. The van der Waals surface area contributed by atoms with Crippen LogP contribution in [0.1, 0.15) is 42.8 Å². The van der Waals surface area contributed by atoms with Crippen LogP contribution in [0.2, 0.25) is 10.0 Å². The number of nitrogens with one attached hydrogen (secondary N) is 1. The minimum absolute atomic E-state index is 0.0135. The Balaban J connectivity index is 1.78. The third kappa shape index (κ3) is 4.76. The number of hydrogen-bond donors (Lipinski definition) is 1. The van der Waals surface area contributed by atoms with Gasteiger partial charge in [-0.25, -0.2) is 17.6 Å². The molecule has 1 N–H and O–H groups in total. The topological polar surface area (TPSA) is 64.7 Å². The molecule has 3 rings (SSSR count). The van der Waals surface area contributed by atoms with Gasteiger partial charge in [-0.15, -0.1) is 0 Å². The van der Waals surface area contributed by atoms with Crippen LogP contribution in [-0.4, -0.2) is 25.5 Å². The van der Waals surface area contributed by atoms with E-state index in [1.54, 1.807) is 24.3 Å². The molecular formula is C18H15Cl2F4N5O. The summed E-state index contributed by atoms with van der Waals surface area (Å²) in [6.07, 6.45) is -4.67. The van der Waals surface area contributed by atoms with Crippen molar-refractivity contribution in [3.63, 3.8) is 0 Å². The first-order valence-electron chi connectivity index (χ1n) is 8.60. The van der Waals surface area contributed by atoms with Crippen molar-refractivity contribution < 1.29 is 22.4 Å². The fourth-order valence-corrected chi connectivity index (χ4v) is 3.10. The molecule has 0 fully saturated rings. The predicted octanol–water partition coefficient (Wildman–Crippen LogP) is 5.51. The van der Waals surface area contributed by atoms with Gasteiger partial charge in [0.25, 0.3) is 12.9 Å². The second kappa shape index (κ2) is 9.05. The molecule has 1 unspecified atom stereocenters. The van der Waals surface area contributed by atoms with Gasteiger partial charge in [-0.05, 0) is 24.6 Å². The first-order valence-corrected chi connectivity index (χ1v) is 9.35. The first-order chi connectivity index (χ1) is 14.2. The van der Waals surface area contributed by atoms with Gasteiger partial charge < -0.3 is 5.32 Å². The number of amides is 1. The number of nitrogens with zero attached hydrogens (tertiary/aromatic N) is 4. The summed E-state index contributed by atoms with van der Waals surface area (Å²) in [4.78, 5) is 12.5. The molecule has 30 heavy (non-hydrogen) atoms. The molecule has 0 spiro atoms. The molecule has 0 bridgehead atoms. The van der Waals surface area contributed by atoms with E-state index < -0.39 is 36.2 Å². The van der Waals surface area contributed by atoms with Crippen molar-refractivity contribution in [3.05, 3.63) is 63.5 Å². The van der Waals surface area contributed by atoms with E-state index in [4.69, 9.17) is 23.2 Å². The molecule has 2 aromatic heterocycles. The number of benzene rings is 1. The normalized spacial score (nSPS) is 12.6. The second-order valence-electron chi connectivity index (χ2n) is 6.32. The summed E-state index contributed by atoms with van der Waals surface area (Å²) < 4.78 is 54.0. The van der Waals surface area contributed by atoms with Crippen LogP contribution in [0, 0.1) is 0 Å². The summed E-state index contributed by atoms with van der Waals surface area (Å²) in [7, 11) is 0. The van der Waals surface area contributed by atoms with Crippen molar-refractivity contribution in [2.45, 2.75) is 32.4 Å². The van der Waals surface area contributed by atoms with Crippen LogP contribution < -0.4 is 5.32 Å². The molecule has 0 saturated heterocycles. The maximum Gasteiger partial charge on any atom is 0.282 e. The molecule has 3 aromatic rings. The molecule has 0 radical (unpaired) electrons. The van der Waals surface area contributed by atoms with E-state index in [0.717, 1.165) is 5.56 Å². The van der Waals surface area contributed by atoms with Crippen LogP contribution in [0.15, 0.2) is 36.5 Å². The van der Waals surface area contributed by atoms with Gasteiger partial charge >= 0.3 is 0 Å². The minimum Gasteiger partial charge on any atom is -0.306 e. The van der Waals surface area contributed by atoms with Crippen LogP contribution >= 0.6 is 23.2 Å². The largest absolute Gasteiger partial charge is 0.306 e. The first kappa shape index (κ1) is 22.1. The number of anilines is 1. The number of hydrogen-bond acceptors (Lipinski definition) is 3. The number of carbonyl (C=O) groups excluding carboxylic acids is 1. The van der Waals surface area contributed by atoms with Crippen molar-refractivity contribution in [3.8, 4) is 0 Å². The number of rotatable bonds is 7. The van der Waals surface area contributed by atoms with E-state index >= 15 is 0 Å². The Labute approximate surface area is 178 Å². The average Bonchev–Trinajstić information content (AvgIpc) is 3.27. The van der Waals surface area contributed by atoms with E-state index in [2.05, 4.69) is 15.5 Å². The third-order valence-electron chi connectivity index (χ3n) is 4.23. The van der Waals surface area contributed by atoms with Crippen LogP contribution in [0.4, 0.5) is 23.4 Å². The van der Waals surface area contributed by atoms with Gasteiger partial charge in [0.05, 0.1) is 6.54 Å². The molecule has 160 valence electrons. The van der Waals surface area contributed by atoms with Gasteiger partial charge in [0.1, 0.15) is 22.5 Å². The molecule has 1 aromatic carbocycles. The van der Waals surface area contributed by atoms with Gasteiger partial charge in [0, 0.05) is 11.2 Å². The molecule has 0 saturated carbocycles. The molecule has 0 aliphatic rings. The highest BCUT2D eigenvalue weighted by Gasteiger charge is 2.27. The zero-order valence-corrected chi connectivity index (χ0v) is 16.9. The Morgan fingerprint density at radius 1 is 1.10 bits per heavy atom. The Morgan fingerprint density at radius 2 is 1.80 bits per heavy atom. The monoisotopic (exact) mass is 463 g/mol. The minimum atomic E-state index is -3.08. The Kier molecular flexibility index (Phi) is 6.67. The fraction of sp³-hybridized carbons (Fsp3) is 0.278. The van der Waals surface area contributed by atoms with Gasteiger partial charge in [-0.1, -0.05) is 41.4 Å². The van der Waals surface area contributed by atoms with E-state index in [0.29, 0.717) is 15.8 Å². The molecule has 6 nitrogen and oxygen atoms in total. The van der Waals surface area contributed by atoms with Crippen molar-refractivity contribution in [2.24, 2.45) is 0 Å². The Bertz CT molecular complexity index is 1050. The van der Waals surface area contributed by atoms with Crippen molar-refractivity contribution >= 4 is 34.9 Å². The van der Waals surface area contributed by atoms with Crippen LogP contribution in [0.25, 0.3) is 0 Å². The SMILES string of the molecule is CC(C(=O)Nc1nn(Cc2ccccc2Cl)cc1Cl)n1nc(C(F)F)cc1C(F)F. The summed E-state index contributed by atoms with van der Waals surface area (Å²) in [6, 6.07) is 6.34. The molecule has 0 aliphatic heterocycles. The van der Waals surface area contributed by atoms with Crippen LogP contribution in [0.5, 0.6) is 0 Å². The lowest BCUT2D eigenvalue weighted by molar-refractivity contribution is -0.119. The molecule has 1 amide bonds. The molecule has 0 aliphatic carbocycles. The number of halogens is 6. The van der Waals surface area contributed by atoms with Crippen molar-refractivity contribution in [2.75, 3.05) is 5.32 Å². The molecule has 2 heterocycles. The van der Waals surface area contributed by atoms with Gasteiger partial charge in [0.15, 0.2) is 5.82 Å². The number of carbonyl (C=O) groups is 1. The van der Waals surface area contributed by atoms with Crippen LogP contribution in [0.3, 0.4) is 0 Å². The summed E-state index contributed by atoms with van der Waals surface area (Å²) >= 11 is 12.2. The summed E-state index contributed by atoms with van der Waals surface area (Å²) in [5.41, 5.74) is -0.863. The lowest BCUT2D eigenvalue weighted by Gasteiger charge is -2.14. The van der Waals surface area contributed by atoms with Gasteiger partial charge in [-0.3, -0.25) is 14.2 Å². The van der Waals surface area contributed by atoms with Crippen LogP contribution in [-0.2, 0) is 11.3 Å². The summed E-state index contributed by atoms with van der Waals surface area (Å²) in [5.74, 6) is -0.814. The molecule has 1 atom stereocenters. The zero-order chi connectivity index (χ0) is 22.0. The quantitative estimate of drug-likeness (QED) is 0.469. The summed E-state index contributed by atoms with van der Waals surface area (Å²) in [5, 5.41) is 10.6. The van der Waals surface area contributed by atoms with Crippen molar-refractivity contribution in [1.29, 1.82) is 0 Å². The van der Waals surface area contributed by atoms with Gasteiger partial charge in [0.2, 0.25) is 5.91 Å². The molecular weight excluding hydrogens is 449 g/mol. The van der Waals surface area contributed by atoms with E-state index in [1.165, 1.54) is 17.8 Å². The highest BCUT2D eigenvalue weighted by molar-refractivity contribution is 6.33. The average molecular weight is 464 g/mol. The van der Waals surface area contributed by atoms with E-state index in [1.807, 2.05) is 0 Å². The maximum atomic E-state index is 13.2. The maximum absolute atomic E-state index is 13.2. The van der Waals surface area contributed by atoms with Crippen molar-refractivity contribution in [1.82, 2.24) is 19.6 Å². The lowest BCUT2D eigenvalue weighted by atomic mass is 10.2. The predicted molar refractivity (Wildman–Crippen MR) is 103 cm³/mol. The van der Waals surface area contributed by atoms with E-state index in [-0.39, 0.29) is 17.4 Å². The standard InChI is InChI=1S/C18H15Cl2F4N5O/c1-9(29-14(16(23)24)6-13(26-29)15(21)22)18(30)25-17-12(20)8-28(27-17)7-10-4-2-3-5-11(10)19/h2-6,8-9,15-16H,7H2,1H3,(H,25,27,30). The third-order valence-corrected chi connectivity index (χ3v) is 4.87. The lowest BCUT2D eigenvalue weighted by Crippen LogP contribution is -2.26. The Morgan fingerprint density at radius 3 is 2.43 bits per heavy atom. The van der Waals surface area contributed by atoms with Gasteiger partial charge in [-0.2, -0.15) is 10.2 Å². The number of aromatic nitrogens is 4. The smallest absolute Gasteiger partial charge is 0.282 e. The Hall–Kier alpha value is -2.59.